The van der Waals surface area contributed by atoms with E-state index in [0.29, 0.717) is 11.2 Å². The first-order valence-electron chi connectivity index (χ1n) is 7.53. The highest BCUT2D eigenvalue weighted by molar-refractivity contribution is 5.87. The molecule has 1 saturated heterocycles. The molecule has 1 saturated carbocycles. The third-order valence-corrected chi connectivity index (χ3v) is 4.74. The third kappa shape index (κ3) is 2.78. The molecule has 1 aromatic rings. The number of carbonyl (C=O) groups is 1. The van der Waals surface area contributed by atoms with Gasteiger partial charge in [0.2, 0.25) is 0 Å². The number of carbonyl (C=O) groups excluding carboxylic acids is 1. The second-order valence-electron chi connectivity index (χ2n) is 6.12. The lowest BCUT2D eigenvalue weighted by atomic mass is 9.79. The first kappa shape index (κ1) is 13.4. The second kappa shape index (κ2) is 5.42. The Morgan fingerprint density at radius 3 is 2.65 bits per heavy atom. The van der Waals surface area contributed by atoms with Gasteiger partial charge in [0.1, 0.15) is 0 Å². The molecule has 2 heterocycles. The Labute approximate surface area is 118 Å². The predicted octanol–water partition coefficient (Wildman–Crippen LogP) is 2.96. The van der Waals surface area contributed by atoms with E-state index in [1.807, 2.05) is 4.90 Å². The van der Waals surface area contributed by atoms with E-state index in [1.54, 1.807) is 6.92 Å². The molecule has 6 nitrogen and oxygen atoms in total. The molecule has 0 aromatic carbocycles. The monoisotopic (exact) mass is 278 g/mol. The van der Waals surface area contributed by atoms with Crippen LogP contribution in [0.3, 0.4) is 0 Å². The van der Waals surface area contributed by atoms with Gasteiger partial charge in [-0.25, -0.2) is 4.79 Å². The first-order chi connectivity index (χ1) is 9.67. The summed E-state index contributed by atoms with van der Waals surface area (Å²) in [5.74, 6) is 0.529. The number of hydrogen-bond donors (Lipinski definition) is 1. The van der Waals surface area contributed by atoms with Crippen molar-refractivity contribution in [3.8, 4) is 0 Å². The highest BCUT2D eigenvalue weighted by Gasteiger charge is 2.36. The summed E-state index contributed by atoms with van der Waals surface area (Å²) >= 11 is 0. The van der Waals surface area contributed by atoms with Crippen molar-refractivity contribution in [3.05, 3.63) is 5.82 Å². The zero-order chi connectivity index (χ0) is 14.0. The minimum Gasteiger partial charge on any atom is -0.324 e. The topological polar surface area (TPSA) is 71.3 Å². The largest absolute Gasteiger partial charge is 0.329 e. The quantitative estimate of drug-likeness (QED) is 0.857. The van der Waals surface area contributed by atoms with E-state index in [1.165, 1.54) is 32.1 Å². The van der Waals surface area contributed by atoms with Gasteiger partial charge in [-0.1, -0.05) is 18.0 Å². The Morgan fingerprint density at radius 1 is 1.20 bits per heavy atom. The summed E-state index contributed by atoms with van der Waals surface area (Å²) in [5.41, 5.74) is 0.510. The molecule has 0 radical (unpaired) electrons. The fraction of sp³-hybridized carbons (Fsp3) is 0.786. The van der Waals surface area contributed by atoms with Crippen LogP contribution in [0.2, 0.25) is 0 Å². The molecular weight excluding hydrogens is 256 g/mol. The molecule has 20 heavy (non-hydrogen) atoms. The van der Waals surface area contributed by atoms with Crippen molar-refractivity contribution >= 4 is 12.0 Å². The fourth-order valence-electron chi connectivity index (χ4n) is 3.60. The SMILES string of the molecule is Cc1noc(NC(=O)N2CCCC3(CCCC3)CC2)n1. The third-order valence-electron chi connectivity index (χ3n) is 4.74. The highest BCUT2D eigenvalue weighted by atomic mass is 16.5. The summed E-state index contributed by atoms with van der Waals surface area (Å²) in [7, 11) is 0. The fourth-order valence-corrected chi connectivity index (χ4v) is 3.60. The minimum atomic E-state index is -0.122. The number of hydrogen-bond acceptors (Lipinski definition) is 4. The van der Waals surface area contributed by atoms with E-state index >= 15 is 0 Å². The molecule has 0 bridgehead atoms. The zero-order valence-electron chi connectivity index (χ0n) is 12.0. The van der Waals surface area contributed by atoms with E-state index in [0.717, 1.165) is 25.9 Å². The molecule has 1 spiro atoms. The van der Waals surface area contributed by atoms with Crippen molar-refractivity contribution in [2.24, 2.45) is 5.41 Å². The molecule has 1 aliphatic heterocycles. The number of nitrogens with zero attached hydrogens (tertiary/aromatic N) is 3. The number of urea groups is 1. The van der Waals surface area contributed by atoms with Gasteiger partial charge in [0.15, 0.2) is 5.82 Å². The Bertz CT molecular complexity index is 479. The molecule has 2 fully saturated rings. The average molecular weight is 278 g/mol. The molecule has 1 N–H and O–H groups in total. The van der Waals surface area contributed by atoms with Crippen molar-refractivity contribution in [2.75, 3.05) is 18.4 Å². The minimum absolute atomic E-state index is 0.122. The smallest absolute Gasteiger partial charge is 0.324 e. The van der Waals surface area contributed by atoms with Gasteiger partial charge in [-0.05, 0) is 44.4 Å². The maximum Gasteiger partial charge on any atom is 0.329 e. The van der Waals surface area contributed by atoms with Crippen LogP contribution < -0.4 is 5.32 Å². The van der Waals surface area contributed by atoms with Crippen molar-refractivity contribution in [2.45, 2.75) is 51.9 Å². The van der Waals surface area contributed by atoms with Crippen LogP contribution in [-0.2, 0) is 0 Å². The van der Waals surface area contributed by atoms with Gasteiger partial charge in [-0.3, -0.25) is 5.32 Å². The molecule has 6 heteroatoms. The van der Waals surface area contributed by atoms with E-state index < -0.39 is 0 Å². The zero-order valence-corrected chi connectivity index (χ0v) is 12.0. The second-order valence-corrected chi connectivity index (χ2v) is 6.12. The molecule has 110 valence electrons. The van der Waals surface area contributed by atoms with Gasteiger partial charge in [0, 0.05) is 13.1 Å². The Morgan fingerprint density at radius 2 is 1.95 bits per heavy atom. The van der Waals surface area contributed by atoms with Gasteiger partial charge in [-0.15, -0.1) is 0 Å². The van der Waals surface area contributed by atoms with E-state index in [-0.39, 0.29) is 12.0 Å². The normalized spacial score (nSPS) is 21.9. The van der Waals surface area contributed by atoms with Crippen LogP contribution in [0.5, 0.6) is 0 Å². The summed E-state index contributed by atoms with van der Waals surface area (Å²) in [4.78, 5) is 18.1. The van der Waals surface area contributed by atoms with Crippen LogP contribution in [0.25, 0.3) is 0 Å². The summed E-state index contributed by atoms with van der Waals surface area (Å²) in [5, 5.41) is 6.36. The lowest BCUT2D eigenvalue weighted by molar-refractivity contribution is 0.206. The number of amides is 2. The maximum atomic E-state index is 12.2. The number of likely N-dealkylation sites (tertiary alicyclic amines) is 1. The van der Waals surface area contributed by atoms with Crippen molar-refractivity contribution in [1.82, 2.24) is 15.0 Å². The molecule has 3 rings (SSSR count). The molecule has 1 aliphatic carbocycles. The van der Waals surface area contributed by atoms with Crippen molar-refractivity contribution < 1.29 is 9.32 Å². The van der Waals surface area contributed by atoms with Crippen LogP contribution in [0.15, 0.2) is 4.52 Å². The molecule has 2 amide bonds. The molecule has 2 aliphatic rings. The maximum absolute atomic E-state index is 12.2. The Kier molecular flexibility index (Phi) is 3.63. The lowest BCUT2D eigenvalue weighted by Crippen LogP contribution is -2.36. The van der Waals surface area contributed by atoms with Crippen LogP contribution in [0.4, 0.5) is 10.8 Å². The van der Waals surface area contributed by atoms with Crippen molar-refractivity contribution in [1.29, 1.82) is 0 Å². The predicted molar refractivity (Wildman–Crippen MR) is 74.4 cm³/mol. The standard InChI is InChI=1S/C14H22N4O2/c1-11-15-12(20-17-11)16-13(19)18-9-4-7-14(8-10-18)5-2-3-6-14/h2-10H2,1H3,(H,15,16,17,19). The van der Waals surface area contributed by atoms with Gasteiger partial charge in [0.05, 0.1) is 0 Å². The van der Waals surface area contributed by atoms with Gasteiger partial charge in [0.25, 0.3) is 0 Å². The summed E-state index contributed by atoms with van der Waals surface area (Å²) < 4.78 is 4.93. The van der Waals surface area contributed by atoms with Gasteiger partial charge >= 0.3 is 12.0 Å². The summed E-state index contributed by atoms with van der Waals surface area (Å²) in [6, 6.07) is 0.0658. The summed E-state index contributed by atoms with van der Waals surface area (Å²) in [6.07, 6.45) is 8.87. The average Bonchev–Trinajstić information content (AvgIpc) is 2.97. The van der Waals surface area contributed by atoms with E-state index in [2.05, 4.69) is 15.5 Å². The van der Waals surface area contributed by atoms with Crippen LogP contribution in [-0.4, -0.2) is 34.2 Å². The number of anilines is 1. The van der Waals surface area contributed by atoms with Crippen LogP contribution in [0.1, 0.15) is 50.8 Å². The lowest BCUT2D eigenvalue weighted by Gasteiger charge is -2.27. The number of aromatic nitrogens is 2. The molecule has 0 atom stereocenters. The molecule has 1 aromatic heterocycles. The van der Waals surface area contributed by atoms with Crippen LogP contribution in [0, 0.1) is 12.3 Å². The molecular formula is C14H22N4O2. The van der Waals surface area contributed by atoms with Gasteiger partial charge < -0.3 is 9.42 Å². The number of aryl methyl sites for hydroxylation is 1. The number of rotatable bonds is 1. The summed E-state index contributed by atoms with van der Waals surface area (Å²) in [6.45, 7) is 3.38. The van der Waals surface area contributed by atoms with E-state index in [4.69, 9.17) is 4.52 Å². The van der Waals surface area contributed by atoms with Gasteiger partial charge in [-0.2, -0.15) is 4.98 Å². The first-order valence-corrected chi connectivity index (χ1v) is 7.53. The van der Waals surface area contributed by atoms with E-state index in [9.17, 15) is 4.79 Å². The van der Waals surface area contributed by atoms with Crippen LogP contribution >= 0.6 is 0 Å². The Balaban J connectivity index is 1.58. The number of nitrogens with one attached hydrogen (secondary N) is 1. The van der Waals surface area contributed by atoms with Crippen molar-refractivity contribution in [3.63, 3.8) is 0 Å². The Hall–Kier alpha value is -1.59. The molecule has 0 unspecified atom stereocenters. The highest BCUT2D eigenvalue weighted by Crippen LogP contribution is 2.46.